The molecular weight excluding hydrogens is 232 g/mol. The molecule has 1 atom stereocenters. The predicted octanol–water partition coefficient (Wildman–Crippen LogP) is 0.857. The molecule has 0 radical (unpaired) electrons. The highest BCUT2D eigenvalue weighted by Gasteiger charge is 2.26. The normalized spacial score (nSPS) is 18.9. The van der Waals surface area contributed by atoms with E-state index in [1.54, 1.807) is 6.92 Å². The summed E-state index contributed by atoms with van der Waals surface area (Å²) in [6.45, 7) is 8.93. The standard InChI is InChI=1S/C12H20N4O2/c1-4-11-13-12(18-14-11)9(2)15-5-7-16(8-6-15)10(3)17/h9H,4-8H2,1-3H3. The van der Waals surface area contributed by atoms with E-state index in [2.05, 4.69) is 22.0 Å². The number of hydrogen-bond acceptors (Lipinski definition) is 5. The van der Waals surface area contributed by atoms with E-state index < -0.39 is 0 Å². The first kappa shape index (κ1) is 13.0. The highest BCUT2D eigenvalue weighted by molar-refractivity contribution is 5.73. The highest BCUT2D eigenvalue weighted by atomic mass is 16.5. The van der Waals surface area contributed by atoms with Gasteiger partial charge < -0.3 is 9.42 Å². The fourth-order valence-corrected chi connectivity index (χ4v) is 2.16. The Bertz CT molecular complexity index is 410. The van der Waals surface area contributed by atoms with Crippen molar-refractivity contribution in [3.05, 3.63) is 11.7 Å². The largest absolute Gasteiger partial charge is 0.340 e. The van der Waals surface area contributed by atoms with Crippen molar-refractivity contribution in [2.24, 2.45) is 0 Å². The first-order chi connectivity index (χ1) is 8.61. The molecule has 1 amide bonds. The lowest BCUT2D eigenvalue weighted by molar-refractivity contribution is -0.130. The second-order valence-corrected chi connectivity index (χ2v) is 4.62. The maximum absolute atomic E-state index is 11.3. The minimum absolute atomic E-state index is 0.118. The summed E-state index contributed by atoms with van der Waals surface area (Å²) in [5.74, 6) is 1.57. The van der Waals surface area contributed by atoms with Gasteiger partial charge in [-0.3, -0.25) is 9.69 Å². The second-order valence-electron chi connectivity index (χ2n) is 4.62. The van der Waals surface area contributed by atoms with E-state index in [0.29, 0.717) is 5.89 Å². The molecule has 0 aromatic carbocycles. The molecule has 1 aromatic heterocycles. The van der Waals surface area contributed by atoms with E-state index in [1.807, 2.05) is 11.8 Å². The van der Waals surface area contributed by atoms with Crippen LogP contribution in [0.25, 0.3) is 0 Å². The molecule has 1 aliphatic heterocycles. The van der Waals surface area contributed by atoms with Crippen LogP contribution in [0.5, 0.6) is 0 Å². The number of rotatable bonds is 3. The van der Waals surface area contributed by atoms with Crippen molar-refractivity contribution in [2.45, 2.75) is 33.2 Å². The van der Waals surface area contributed by atoms with Crippen LogP contribution in [0.3, 0.4) is 0 Å². The third-order valence-corrected chi connectivity index (χ3v) is 3.46. The Balaban J connectivity index is 1.94. The number of amides is 1. The van der Waals surface area contributed by atoms with Crippen molar-refractivity contribution in [2.75, 3.05) is 26.2 Å². The average molecular weight is 252 g/mol. The molecule has 1 aromatic rings. The molecule has 6 heteroatoms. The lowest BCUT2D eigenvalue weighted by atomic mass is 10.2. The highest BCUT2D eigenvalue weighted by Crippen LogP contribution is 2.20. The van der Waals surface area contributed by atoms with E-state index in [-0.39, 0.29) is 11.9 Å². The molecule has 100 valence electrons. The third kappa shape index (κ3) is 2.69. The first-order valence-electron chi connectivity index (χ1n) is 6.44. The Hall–Kier alpha value is -1.43. The zero-order valence-electron chi connectivity index (χ0n) is 11.2. The molecule has 1 unspecified atom stereocenters. The summed E-state index contributed by atoms with van der Waals surface area (Å²) in [6.07, 6.45) is 0.786. The minimum Gasteiger partial charge on any atom is -0.340 e. The van der Waals surface area contributed by atoms with Crippen molar-refractivity contribution in [3.8, 4) is 0 Å². The number of carbonyl (C=O) groups excluding carboxylic acids is 1. The van der Waals surface area contributed by atoms with Gasteiger partial charge in [0, 0.05) is 39.5 Å². The number of piperazine rings is 1. The smallest absolute Gasteiger partial charge is 0.243 e. The van der Waals surface area contributed by atoms with Crippen molar-refractivity contribution in [1.82, 2.24) is 19.9 Å². The molecule has 0 spiro atoms. The van der Waals surface area contributed by atoms with Crippen LogP contribution >= 0.6 is 0 Å². The van der Waals surface area contributed by atoms with Crippen LogP contribution in [0.15, 0.2) is 4.52 Å². The van der Waals surface area contributed by atoms with Crippen LogP contribution in [-0.2, 0) is 11.2 Å². The Morgan fingerprint density at radius 2 is 2.06 bits per heavy atom. The minimum atomic E-state index is 0.118. The monoisotopic (exact) mass is 252 g/mol. The SMILES string of the molecule is CCc1noc(C(C)N2CCN(C(C)=O)CC2)n1. The first-order valence-corrected chi connectivity index (χ1v) is 6.44. The van der Waals surface area contributed by atoms with Gasteiger partial charge in [-0.05, 0) is 6.92 Å². The van der Waals surface area contributed by atoms with Crippen LogP contribution in [0.4, 0.5) is 0 Å². The second kappa shape index (κ2) is 5.48. The average Bonchev–Trinajstić information content (AvgIpc) is 2.86. The Kier molecular flexibility index (Phi) is 3.96. The summed E-state index contributed by atoms with van der Waals surface area (Å²) in [5.41, 5.74) is 0. The molecular formula is C12H20N4O2. The number of nitrogens with zero attached hydrogens (tertiary/aromatic N) is 4. The fourth-order valence-electron chi connectivity index (χ4n) is 2.16. The van der Waals surface area contributed by atoms with E-state index in [4.69, 9.17) is 4.52 Å². The maximum atomic E-state index is 11.3. The Morgan fingerprint density at radius 3 is 2.56 bits per heavy atom. The Morgan fingerprint density at radius 1 is 1.39 bits per heavy atom. The van der Waals surface area contributed by atoms with Gasteiger partial charge in [-0.25, -0.2) is 0 Å². The van der Waals surface area contributed by atoms with Gasteiger partial charge in [-0.15, -0.1) is 0 Å². The van der Waals surface area contributed by atoms with Crippen LogP contribution in [0, 0.1) is 0 Å². The number of aryl methyl sites for hydroxylation is 1. The molecule has 0 saturated carbocycles. The van der Waals surface area contributed by atoms with Gasteiger partial charge in [0.1, 0.15) is 0 Å². The zero-order chi connectivity index (χ0) is 13.1. The summed E-state index contributed by atoms with van der Waals surface area (Å²) in [5, 5.41) is 3.92. The summed E-state index contributed by atoms with van der Waals surface area (Å²) >= 11 is 0. The lowest BCUT2D eigenvalue weighted by Crippen LogP contribution is -2.48. The van der Waals surface area contributed by atoms with Gasteiger partial charge in [0.2, 0.25) is 11.8 Å². The number of carbonyl (C=O) groups is 1. The van der Waals surface area contributed by atoms with Crippen molar-refractivity contribution in [3.63, 3.8) is 0 Å². The molecule has 0 bridgehead atoms. The molecule has 0 N–H and O–H groups in total. The molecule has 2 rings (SSSR count). The van der Waals surface area contributed by atoms with E-state index in [1.165, 1.54) is 0 Å². The Labute approximate surface area is 107 Å². The zero-order valence-corrected chi connectivity index (χ0v) is 11.2. The van der Waals surface area contributed by atoms with Crippen LogP contribution in [0.2, 0.25) is 0 Å². The molecule has 2 heterocycles. The summed E-state index contributed by atoms with van der Waals surface area (Å²) in [6, 6.07) is 0.118. The molecule has 1 saturated heterocycles. The van der Waals surface area contributed by atoms with Crippen LogP contribution < -0.4 is 0 Å². The molecule has 18 heavy (non-hydrogen) atoms. The topological polar surface area (TPSA) is 62.5 Å². The van der Waals surface area contributed by atoms with Gasteiger partial charge in [-0.1, -0.05) is 12.1 Å². The van der Waals surface area contributed by atoms with Crippen molar-refractivity contribution >= 4 is 5.91 Å². The van der Waals surface area contributed by atoms with Crippen molar-refractivity contribution < 1.29 is 9.32 Å². The van der Waals surface area contributed by atoms with Crippen LogP contribution in [0.1, 0.15) is 38.5 Å². The molecule has 1 aliphatic rings. The van der Waals surface area contributed by atoms with Gasteiger partial charge in [0.25, 0.3) is 0 Å². The summed E-state index contributed by atoms with van der Waals surface area (Å²) < 4.78 is 5.26. The van der Waals surface area contributed by atoms with Crippen LogP contribution in [-0.4, -0.2) is 52.0 Å². The van der Waals surface area contributed by atoms with Gasteiger partial charge in [0.15, 0.2) is 5.82 Å². The van der Waals surface area contributed by atoms with Gasteiger partial charge >= 0.3 is 0 Å². The lowest BCUT2D eigenvalue weighted by Gasteiger charge is -2.36. The summed E-state index contributed by atoms with van der Waals surface area (Å²) in [7, 11) is 0. The number of aromatic nitrogens is 2. The van der Waals surface area contributed by atoms with Gasteiger partial charge in [-0.2, -0.15) is 4.98 Å². The quantitative estimate of drug-likeness (QED) is 0.798. The number of hydrogen-bond donors (Lipinski definition) is 0. The molecule has 1 fully saturated rings. The molecule has 6 nitrogen and oxygen atoms in total. The van der Waals surface area contributed by atoms with Gasteiger partial charge in [0.05, 0.1) is 6.04 Å². The molecule has 0 aliphatic carbocycles. The summed E-state index contributed by atoms with van der Waals surface area (Å²) in [4.78, 5) is 19.8. The third-order valence-electron chi connectivity index (χ3n) is 3.46. The predicted molar refractivity (Wildman–Crippen MR) is 65.9 cm³/mol. The maximum Gasteiger partial charge on any atom is 0.243 e. The van der Waals surface area contributed by atoms with E-state index >= 15 is 0 Å². The van der Waals surface area contributed by atoms with E-state index in [9.17, 15) is 4.79 Å². The van der Waals surface area contributed by atoms with Crippen molar-refractivity contribution in [1.29, 1.82) is 0 Å². The van der Waals surface area contributed by atoms with E-state index in [0.717, 1.165) is 38.4 Å². The fraction of sp³-hybridized carbons (Fsp3) is 0.750.